The van der Waals surface area contributed by atoms with Crippen molar-refractivity contribution in [1.29, 1.82) is 0 Å². The van der Waals surface area contributed by atoms with Crippen molar-refractivity contribution in [2.24, 2.45) is 0 Å². The summed E-state index contributed by atoms with van der Waals surface area (Å²) in [6.45, 7) is 1.95. The van der Waals surface area contributed by atoms with Crippen LogP contribution in [0.5, 0.6) is 5.75 Å². The minimum atomic E-state index is -2.64. The summed E-state index contributed by atoms with van der Waals surface area (Å²) in [4.78, 5) is 0. The molecule has 0 spiro atoms. The lowest BCUT2D eigenvalue weighted by Gasteiger charge is -2.22. The Bertz CT molecular complexity index is 443. The highest BCUT2D eigenvalue weighted by molar-refractivity contribution is 9.11. The third kappa shape index (κ3) is 3.75. The molecular formula is C10H13Br2O3PS. The van der Waals surface area contributed by atoms with E-state index in [4.69, 9.17) is 20.9 Å². The fourth-order valence-corrected chi connectivity index (χ4v) is 5.59. The summed E-state index contributed by atoms with van der Waals surface area (Å²) in [5.74, 6) is 0.0819. The molecule has 1 N–H and O–H groups in total. The predicted octanol–water partition coefficient (Wildman–Crippen LogP) is 3.93. The Morgan fingerprint density at radius 3 is 2.24 bits per heavy atom. The van der Waals surface area contributed by atoms with Gasteiger partial charge in [-0.3, -0.25) is 0 Å². The van der Waals surface area contributed by atoms with E-state index in [9.17, 15) is 5.11 Å². The lowest BCUT2D eigenvalue weighted by molar-refractivity contribution is 0.274. The van der Waals surface area contributed by atoms with E-state index in [2.05, 4.69) is 31.9 Å². The average molecular weight is 404 g/mol. The topological polar surface area (TPSA) is 38.7 Å². The molecule has 0 heterocycles. The van der Waals surface area contributed by atoms with Crippen LogP contribution in [0.15, 0.2) is 21.1 Å². The lowest BCUT2D eigenvalue weighted by Crippen LogP contribution is -2.11. The largest absolute Gasteiger partial charge is 0.506 e. The number of aromatic hydroxyl groups is 1. The SMILES string of the molecule is CCOP(=S)(OCC)c1cc(Br)cc(Br)c1O. The fourth-order valence-electron chi connectivity index (χ4n) is 1.28. The van der Waals surface area contributed by atoms with Crippen LogP contribution in [-0.4, -0.2) is 18.3 Å². The van der Waals surface area contributed by atoms with E-state index in [1.165, 1.54) is 0 Å². The van der Waals surface area contributed by atoms with Gasteiger partial charge in [0.2, 0.25) is 6.49 Å². The molecule has 0 bridgehead atoms. The van der Waals surface area contributed by atoms with Crippen LogP contribution < -0.4 is 5.30 Å². The van der Waals surface area contributed by atoms with Crippen LogP contribution in [0, 0.1) is 0 Å². The number of rotatable bonds is 5. The summed E-state index contributed by atoms with van der Waals surface area (Å²) in [6.07, 6.45) is 0. The van der Waals surface area contributed by atoms with Crippen molar-refractivity contribution in [1.82, 2.24) is 0 Å². The first-order chi connectivity index (χ1) is 7.94. The molecule has 0 amide bonds. The third-order valence-electron chi connectivity index (χ3n) is 1.90. The number of hydrogen-bond acceptors (Lipinski definition) is 4. The molecule has 0 saturated carbocycles. The lowest BCUT2D eigenvalue weighted by atomic mass is 10.3. The first kappa shape index (κ1) is 15.6. The Kier molecular flexibility index (Phi) is 6.10. The van der Waals surface area contributed by atoms with Gasteiger partial charge in [-0.05, 0) is 53.7 Å². The van der Waals surface area contributed by atoms with E-state index < -0.39 is 6.49 Å². The summed E-state index contributed by atoms with van der Waals surface area (Å²) in [7, 11) is 0. The molecule has 1 aromatic carbocycles. The van der Waals surface area contributed by atoms with Crippen molar-refractivity contribution < 1.29 is 14.2 Å². The van der Waals surface area contributed by atoms with Gasteiger partial charge in [-0.25, -0.2) is 0 Å². The quantitative estimate of drug-likeness (QED) is 0.756. The Balaban J connectivity index is 3.32. The molecule has 0 aliphatic heterocycles. The number of halogens is 2. The van der Waals surface area contributed by atoms with Gasteiger partial charge in [0.15, 0.2) is 0 Å². The highest BCUT2D eigenvalue weighted by Gasteiger charge is 2.26. The second-order valence-electron chi connectivity index (χ2n) is 3.09. The van der Waals surface area contributed by atoms with Crippen LogP contribution in [0.25, 0.3) is 0 Å². The zero-order chi connectivity index (χ0) is 13.1. The first-order valence-electron chi connectivity index (χ1n) is 5.02. The number of hydrogen-bond donors (Lipinski definition) is 1. The minimum absolute atomic E-state index is 0.0819. The van der Waals surface area contributed by atoms with Gasteiger partial charge >= 0.3 is 0 Å². The van der Waals surface area contributed by atoms with E-state index in [0.29, 0.717) is 23.0 Å². The van der Waals surface area contributed by atoms with Gasteiger partial charge in [-0.15, -0.1) is 0 Å². The van der Waals surface area contributed by atoms with Crippen molar-refractivity contribution >= 4 is 55.5 Å². The molecule has 0 aliphatic rings. The van der Waals surface area contributed by atoms with Gasteiger partial charge < -0.3 is 14.2 Å². The Morgan fingerprint density at radius 2 is 1.76 bits per heavy atom. The van der Waals surface area contributed by atoms with Gasteiger partial charge in [-0.2, -0.15) is 0 Å². The Hall–Kier alpha value is 0.550. The Morgan fingerprint density at radius 1 is 1.24 bits per heavy atom. The number of phenols is 1. The third-order valence-corrected chi connectivity index (χ3v) is 6.31. The molecule has 17 heavy (non-hydrogen) atoms. The molecule has 0 unspecified atom stereocenters. The van der Waals surface area contributed by atoms with Crippen molar-refractivity contribution in [2.75, 3.05) is 13.2 Å². The molecule has 1 rings (SSSR count). The summed E-state index contributed by atoms with van der Waals surface area (Å²) in [5, 5.41) is 10.6. The van der Waals surface area contributed by atoms with Crippen LogP contribution in [0.3, 0.4) is 0 Å². The van der Waals surface area contributed by atoms with E-state index in [1.807, 2.05) is 13.8 Å². The van der Waals surface area contributed by atoms with Crippen molar-refractivity contribution in [3.05, 3.63) is 21.1 Å². The van der Waals surface area contributed by atoms with Gasteiger partial charge in [0, 0.05) is 4.47 Å². The maximum atomic E-state index is 10.0. The van der Waals surface area contributed by atoms with E-state index in [-0.39, 0.29) is 5.75 Å². The molecule has 0 radical (unpaired) electrons. The van der Waals surface area contributed by atoms with Gasteiger partial charge in [0.25, 0.3) is 0 Å². The normalized spacial score (nSPS) is 11.8. The van der Waals surface area contributed by atoms with Crippen molar-refractivity contribution in [3.63, 3.8) is 0 Å². The van der Waals surface area contributed by atoms with E-state index >= 15 is 0 Å². The molecule has 0 fully saturated rings. The molecule has 7 heteroatoms. The van der Waals surface area contributed by atoms with Crippen molar-refractivity contribution in [2.45, 2.75) is 13.8 Å². The monoisotopic (exact) mass is 402 g/mol. The average Bonchev–Trinajstić information content (AvgIpc) is 2.24. The highest BCUT2D eigenvalue weighted by Crippen LogP contribution is 2.51. The van der Waals surface area contributed by atoms with Crippen LogP contribution in [-0.2, 0) is 20.9 Å². The molecule has 0 saturated heterocycles. The summed E-state index contributed by atoms with van der Waals surface area (Å²) in [5.41, 5.74) is 0. The second kappa shape index (κ2) is 6.64. The van der Waals surface area contributed by atoms with Crippen LogP contribution in [0.2, 0.25) is 0 Å². The van der Waals surface area contributed by atoms with Crippen LogP contribution >= 0.6 is 38.4 Å². The summed E-state index contributed by atoms with van der Waals surface area (Å²) < 4.78 is 12.5. The van der Waals surface area contributed by atoms with Gasteiger partial charge in [0.1, 0.15) is 5.75 Å². The zero-order valence-electron chi connectivity index (χ0n) is 9.44. The molecule has 3 nitrogen and oxygen atoms in total. The predicted molar refractivity (Wildman–Crippen MR) is 80.7 cm³/mol. The molecule has 0 aromatic heterocycles. The Labute approximate surface area is 123 Å². The minimum Gasteiger partial charge on any atom is -0.506 e. The molecule has 0 atom stereocenters. The fraction of sp³-hybridized carbons (Fsp3) is 0.400. The van der Waals surface area contributed by atoms with Gasteiger partial charge in [0.05, 0.1) is 23.0 Å². The maximum absolute atomic E-state index is 10.0. The van der Waals surface area contributed by atoms with E-state index in [0.717, 1.165) is 4.47 Å². The summed E-state index contributed by atoms with van der Waals surface area (Å²) >= 11 is 12.1. The molecular weight excluding hydrogens is 391 g/mol. The number of phenolic OH excluding ortho intramolecular Hbond substituents is 1. The summed E-state index contributed by atoms with van der Waals surface area (Å²) in [6, 6.07) is 3.49. The molecule has 96 valence electrons. The zero-order valence-corrected chi connectivity index (χ0v) is 14.3. The van der Waals surface area contributed by atoms with E-state index in [1.54, 1.807) is 12.1 Å². The first-order valence-corrected chi connectivity index (χ1v) is 9.24. The van der Waals surface area contributed by atoms with Gasteiger partial charge in [-0.1, -0.05) is 15.9 Å². The highest BCUT2D eigenvalue weighted by atomic mass is 79.9. The smallest absolute Gasteiger partial charge is 0.223 e. The molecule has 0 aliphatic carbocycles. The standard InChI is InChI=1S/C10H13Br2O3PS/c1-3-14-16(17,15-4-2)9-6-7(11)5-8(12)10(9)13/h5-6,13H,3-4H2,1-2H3. The second-order valence-corrected chi connectivity index (χ2v) is 8.29. The van der Waals surface area contributed by atoms with Crippen LogP contribution in [0.1, 0.15) is 13.8 Å². The van der Waals surface area contributed by atoms with Crippen molar-refractivity contribution in [3.8, 4) is 5.75 Å². The number of benzene rings is 1. The maximum Gasteiger partial charge on any atom is 0.223 e. The van der Waals surface area contributed by atoms with Crippen LogP contribution in [0.4, 0.5) is 0 Å². The molecule has 1 aromatic rings.